The molecule has 0 aromatic heterocycles. The van der Waals surface area contributed by atoms with Gasteiger partial charge in [-0.15, -0.1) is 0 Å². The van der Waals surface area contributed by atoms with Crippen molar-refractivity contribution in [3.63, 3.8) is 0 Å². The van der Waals surface area contributed by atoms with Gasteiger partial charge in [0.25, 0.3) is 0 Å². The Labute approximate surface area is 49.9 Å². The van der Waals surface area contributed by atoms with E-state index in [2.05, 4.69) is 17.1 Å². The average molecular weight is 112 g/mol. The molecule has 0 aliphatic carbocycles. The van der Waals surface area contributed by atoms with Crippen LogP contribution in [0.5, 0.6) is 0 Å². The van der Waals surface area contributed by atoms with Crippen molar-refractivity contribution in [1.82, 2.24) is 10.2 Å². The van der Waals surface area contributed by atoms with Gasteiger partial charge < -0.3 is 5.32 Å². The molecule has 0 bridgehead atoms. The molecule has 2 unspecified atom stereocenters. The van der Waals surface area contributed by atoms with Gasteiger partial charge in [0.05, 0.1) is 0 Å². The first kappa shape index (κ1) is 4.77. The van der Waals surface area contributed by atoms with Crippen molar-refractivity contribution in [3.05, 3.63) is 0 Å². The molecule has 0 radical (unpaired) electrons. The van der Waals surface area contributed by atoms with Gasteiger partial charge in [-0.25, -0.2) is 0 Å². The van der Waals surface area contributed by atoms with Gasteiger partial charge in [0.1, 0.15) is 0 Å². The van der Waals surface area contributed by atoms with Gasteiger partial charge in [0.15, 0.2) is 0 Å². The quantitative estimate of drug-likeness (QED) is 0.499. The van der Waals surface area contributed by atoms with Crippen LogP contribution in [0.3, 0.4) is 0 Å². The Kier molecular flexibility index (Phi) is 0.866. The number of likely N-dealkylation sites (N-methyl/N-ethyl adjacent to an activating group) is 1. The summed E-state index contributed by atoms with van der Waals surface area (Å²) in [7, 11) is 0. The van der Waals surface area contributed by atoms with Gasteiger partial charge in [-0.3, -0.25) is 4.90 Å². The minimum atomic E-state index is 0.870. The molecule has 0 saturated carbocycles. The monoisotopic (exact) mass is 112 g/mol. The van der Waals surface area contributed by atoms with Crippen molar-refractivity contribution in [2.24, 2.45) is 0 Å². The third-order valence-electron chi connectivity index (χ3n) is 2.36. The van der Waals surface area contributed by atoms with E-state index < -0.39 is 0 Å². The summed E-state index contributed by atoms with van der Waals surface area (Å²) in [5, 5.41) is 3.37. The van der Waals surface area contributed by atoms with E-state index in [1.165, 1.54) is 19.6 Å². The molecule has 8 heavy (non-hydrogen) atoms. The minimum Gasteiger partial charge on any atom is -0.310 e. The number of fused-ring (bicyclic) bond motifs is 1. The number of hydrogen-bond acceptors (Lipinski definition) is 2. The summed E-state index contributed by atoms with van der Waals surface area (Å²) in [6, 6.07) is 1.79. The van der Waals surface area contributed by atoms with Crippen LogP contribution in [0.25, 0.3) is 0 Å². The van der Waals surface area contributed by atoms with E-state index in [0.29, 0.717) is 0 Å². The van der Waals surface area contributed by atoms with E-state index in [1.807, 2.05) is 0 Å². The van der Waals surface area contributed by atoms with Crippen molar-refractivity contribution in [3.8, 4) is 0 Å². The lowest BCUT2D eigenvalue weighted by Crippen LogP contribution is -2.77. The van der Waals surface area contributed by atoms with Crippen molar-refractivity contribution >= 4 is 0 Å². The lowest BCUT2D eigenvalue weighted by atomic mass is 9.89. The molecule has 2 atom stereocenters. The molecule has 2 heterocycles. The zero-order chi connectivity index (χ0) is 5.56. The van der Waals surface area contributed by atoms with Crippen LogP contribution in [-0.2, 0) is 0 Å². The van der Waals surface area contributed by atoms with Gasteiger partial charge in [0.2, 0.25) is 0 Å². The molecule has 0 spiro atoms. The minimum absolute atomic E-state index is 0.870. The fraction of sp³-hybridized carbons (Fsp3) is 1.00. The van der Waals surface area contributed by atoms with Crippen LogP contribution in [0.15, 0.2) is 0 Å². The molecule has 2 heteroatoms. The highest BCUT2D eigenvalue weighted by Gasteiger charge is 2.43. The highest BCUT2D eigenvalue weighted by Crippen LogP contribution is 2.23. The lowest BCUT2D eigenvalue weighted by Gasteiger charge is -2.56. The first-order valence-electron chi connectivity index (χ1n) is 3.39. The Morgan fingerprint density at radius 1 is 1.75 bits per heavy atom. The van der Waals surface area contributed by atoms with Crippen LogP contribution in [0.2, 0.25) is 0 Å². The number of nitrogens with zero attached hydrogens (tertiary/aromatic N) is 1. The van der Waals surface area contributed by atoms with Crippen molar-refractivity contribution < 1.29 is 0 Å². The second-order valence-electron chi connectivity index (χ2n) is 2.67. The molecule has 2 rings (SSSR count). The predicted molar refractivity (Wildman–Crippen MR) is 32.8 cm³/mol. The van der Waals surface area contributed by atoms with Gasteiger partial charge in [-0.1, -0.05) is 6.92 Å². The van der Waals surface area contributed by atoms with Crippen molar-refractivity contribution in [1.29, 1.82) is 0 Å². The topological polar surface area (TPSA) is 15.3 Å². The summed E-state index contributed by atoms with van der Waals surface area (Å²) >= 11 is 0. The van der Waals surface area contributed by atoms with Gasteiger partial charge in [0, 0.05) is 25.2 Å². The van der Waals surface area contributed by atoms with Gasteiger partial charge in [-0.05, 0) is 6.54 Å². The highest BCUT2D eigenvalue weighted by molar-refractivity contribution is 5.05. The zero-order valence-corrected chi connectivity index (χ0v) is 5.22. The first-order valence-corrected chi connectivity index (χ1v) is 3.39. The molecule has 2 nitrogen and oxygen atoms in total. The second-order valence-corrected chi connectivity index (χ2v) is 2.67. The maximum Gasteiger partial charge on any atom is 0.0387 e. The normalized spacial score (nSPS) is 44.6. The first-order chi connectivity index (χ1) is 3.92. The number of piperazine rings is 1. The van der Waals surface area contributed by atoms with Crippen LogP contribution in [0, 0.1) is 0 Å². The summed E-state index contributed by atoms with van der Waals surface area (Å²) < 4.78 is 0. The van der Waals surface area contributed by atoms with Crippen molar-refractivity contribution in [2.45, 2.75) is 19.0 Å². The molecular weight excluding hydrogens is 100 g/mol. The Morgan fingerprint density at radius 3 is 2.75 bits per heavy atom. The molecule has 1 N–H and O–H groups in total. The molecule has 0 aromatic carbocycles. The summed E-state index contributed by atoms with van der Waals surface area (Å²) in [5.74, 6) is 0. The van der Waals surface area contributed by atoms with E-state index in [1.54, 1.807) is 0 Å². The summed E-state index contributed by atoms with van der Waals surface area (Å²) in [4.78, 5) is 2.52. The zero-order valence-electron chi connectivity index (χ0n) is 5.22. The SMILES string of the molecule is CCN1CC2NCC21. The number of rotatable bonds is 1. The van der Waals surface area contributed by atoms with Crippen LogP contribution in [-0.4, -0.2) is 36.6 Å². The van der Waals surface area contributed by atoms with E-state index in [9.17, 15) is 0 Å². The second kappa shape index (κ2) is 1.45. The van der Waals surface area contributed by atoms with E-state index in [-0.39, 0.29) is 0 Å². The maximum absolute atomic E-state index is 3.37. The third-order valence-corrected chi connectivity index (χ3v) is 2.36. The van der Waals surface area contributed by atoms with Gasteiger partial charge >= 0.3 is 0 Å². The Morgan fingerprint density at radius 2 is 2.62 bits per heavy atom. The Bertz CT molecular complexity index is 101. The Balaban J connectivity index is 1.89. The maximum atomic E-state index is 3.37. The number of hydrogen-bond donors (Lipinski definition) is 1. The molecule has 2 saturated heterocycles. The average Bonchev–Trinajstić information content (AvgIpc) is 1.76. The van der Waals surface area contributed by atoms with E-state index in [4.69, 9.17) is 0 Å². The summed E-state index contributed by atoms with van der Waals surface area (Å²) in [6.07, 6.45) is 0. The molecule has 2 aliphatic rings. The molecule has 0 amide bonds. The van der Waals surface area contributed by atoms with Gasteiger partial charge in [-0.2, -0.15) is 0 Å². The predicted octanol–water partition coefficient (Wildman–Crippen LogP) is -0.338. The summed E-state index contributed by atoms with van der Waals surface area (Å²) in [6.45, 7) is 6.00. The molecule has 2 fully saturated rings. The molecule has 2 aliphatic heterocycles. The highest BCUT2D eigenvalue weighted by atomic mass is 15.3. The smallest absolute Gasteiger partial charge is 0.0387 e. The number of nitrogens with one attached hydrogen (secondary N) is 1. The fourth-order valence-corrected chi connectivity index (χ4v) is 1.57. The van der Waals surface area contributed by atoms with Crippen LogP contribution in [0.4, 0.5) is 0 Å². The lowest BCUT2D eigenvalue weighted by molar-refractivity contribution is -0.0124. The van der Waals surface area contributed by atoms with E-state index in [0.717, 1.165) is 12.1 Å². The fourth-order valence-electron chi connectivity index (χ4n) is 1.57. The Hall–Kier alpha value is -0.0800. The number of likely N-dealkylation sites (tertiary alicyclic amines) is 1. The third kappa shape index (κ3) is 0.400. The summed E-state index contributed by atoms with van der Waals surface area (Å²) in [5.41, 5.74) is 0. The van der Waals surface area contributed by atoms with Crippen LogP contribution >= 0.6 is 0 Å². The molecule has 0 aromatic rings. The standard InChI is InChI=1S/C6H12N2/c1-2-8-4-5-6(8)3-7-5/h5-7H,2-4H2,1H3. The van der Waals surface area contributed by atoms with E-state index >= 15 is 0 Å². The largest absolute Gasteiger partial charge is 0.310 e. The van der Waals surface area contributed by atoms with Crippen molar-refractivity contribution in [2.75, 3.05) is 19.6 Å². The molecular formula is C6H12N2. The van der Waals surface area contributed by atoms with Crippen LogP contribution < -0.4 is 5.32 Å². The molecule has 46 valence electrons. The van der Waals surface area contributed by atoms with Crippen LogP contribution in [0.1, 0.15) is 6.92 Å².